The van der Waals surface area contributed by atoms with Gasteiger partial charge < -0.3 is 9.84 Å². The zero-order valence-electron chi connectivity index (χ0n) is 11.2. The number of hydrogen-bond acceptors (Lipinski definition) is 3. The smallest absolute Gasteiger partial charge is 0.126 e. The summed E-state index contributed by atoms with van der Waals surface area (Å²) in [5.74, 6) is 1.32. The fourth-order valence-electron chi connectivity index (χ4n) is 2.40. The lowest BCUT2D eigenvalue weighted by Gasteiger charge is -2.15. The van der Waals surface area contributed by atoms with Crippen LogP contribution in [-0.4, -0.2) is 22.0 Å². The second-order valence-corrected chi connectivity index (χ2v) is 5.03. The highest BCUT2D eigenvalue weighted by Gasteiger charge is 2.26. The molecular weight excluding hydrogens is 240 g/mol. The lowest BCUT2D eigenvalue weighted by Crippen LogP contribution is -2.05. The van der Waals surface area contributed by atoms with E-state index in [1.54, 1.807) is 14.0 Å². The van der Waals surface area contributed by atoms with Gasteiger partial charge in [-0.3, -0.25) is 0 Å². The van der Waals surface area contributed by atoms with Crippen molar-refractivity contribution in [2.24, 2.45) is 0 Å². The predicted molar refractivity (Wildman–Crippen MR) is 72.7 cm³/mol. The Hall–Kier alpha value is -1.81. The number of rotatable bonds is 4. The normalized spacial score (nSPS) is 16.4. The van der Waals surface area contributed by atoms with Crippen LogP contribution in [0.15, 0.2) is 30.5 Å². The summed E-state index contributed by atoms with van der Waals surface area (Å²) in [5.41, 5.74) is 2.79. The summed E-state index contributed by atoms with van der Waals surface area (Å²) in [7, 11) is 1.61. The molecule has 0 saturated heterocycles. The van der Waals surface area contributed by atoms with Crippen LogP contribution in [0.1, 0.15) is 43.0 Å². The fraction of sp³-hybridized carbons (Fsp3) is 0.400. The Balaban J connectivity index is 2.07. The minimum Gasteiger partial charge on any atom is -0.496 e. The van der Waals surface area contributed by atoms with Crippen molar-refractivity contribution in [1.82, 2.24) is 9.78 Å². The van der Waals surface area contributed by atoms with E-state index >= 15 is 0 Å². The van der Waals surface area contributed by atoms with Gasteiger partial charge in [0.2, 0.25) is 0 Å². The Morgan fingerprint density at radius 1 is 1.37 bits per heavy atom. The second kappa shape index (κ2) is 4.70. The first-order valence-corrected chi connectivity index (χ1v) is 6.61. The van der Waals surface area contributed by atoms with E-state index in [-0.39, 0.29) is 0 Å². The quantitative estimate of drug-likeness (QED) is 0.917. The summed E-state index contributed by atoms with van der Waals surface area (Å²) in [4.78, 5) is 0. The van der Waals surface area contributed by atoms with Crippen LogP contribution in [0.4, 0.5) is 0 Å². The van der Waals surface area contributed by atoms with Crippen molar-refractivity contribution in [2.45, 2.75) is 31.8 Å². The van der Waals surface area contributed by atoms with Gasteiger partial charge in [0.1, 0.15) is 5.75 Å². The summed E-state index contributed by atoms with van der Waals surface area (Å²) in [6.45, 7) is 1.74. The first-order valence-electron chi connectivity index (χ1n) is 6.61. The summed E-state index contributed by atoms with van der Waals surface area (Å²) in [6.07, 6.45) is 3.82. The molecule has 4 nitrogen and oxygen atoms in total. The SMILES string of the molecule is COc1cccc(-n2ccc(C3CC3)n2)c1[C@H](C)O. The predicted octanol–water partition coefficient (Wildman–Crippen LogP) is 2.81. The minimum atomic E-state index is -0.597. The molecule has 0 amide bonds. The molecule has 1 aliphatic carbocycles. The van der Waals surface area contributed by atoms with Gasteiger partial charge in [0.15, 0.2) is 0 Å². The van der Waals surface area contributed by atoms with Gasteiger partial charge in [-0.1, -0.05) is 6.07 Å². The largest absolute Gasteiger partial charge is 0.496 e. The minimum absolute atomic E-state index is 0.597. The molecule has 19 heavy (non-hydrogen) atoms. The number of aromatic nitrogens is 2. The van der Waals surface area contributed by atoms with Crippen molar-refractivity contribution in [3.05, 3.63) is 41.7 Å². The van der Waals surface area contributed by atoms with Gasteiger partial charge >= 0.3 is 0 Å². The topological polar surface area (TPSA) is 47.3 Å². The zero-order valence-corrected chi connectivity index (χ0v) is 11.2. The van der Waals surface area contributed by atoms with Gasteiger partial charge in [0, 0.05) is 17.7 Å². The second-order valence-electron chi connectivity index (χ2n) is 5.03. The van der Waals surface area contributed by atoms with Gasteiger partial charge in [-0.15, -0.1) is 0 Å². The summed E-state index contributed by atoms with van der Waals surface area (Å²) >= 11 is 0. The highest BCUT2D eigenvalue weighted by atomic mass is 16.5. The Morgan fingerprint density at radius 2 is 2.16 bits per heavy atom. The highest BCUT2D eigenvalue weighted by Crippen LogP contribution is 2.39. The third-order valence-corrected chi connectivity index (χ3v) is 3.53. The maximum atomic E-state index is 9.99. The number of aliphatic hydroxyl groups is 1. The van der Waals surface area contributed by atoms with Crippen molar-refractivity contribution in [2.75, 3.05) is 7.11 Å². The number of ether oxygens (including phenoxy) is 1. The summed E-state index contributed by atoms with van der Waals surface area (Å²) in [5, 5.41) is 14.6. The zero-order chi connectivity index (χ0) is 13.4. The molecule has 1 aromatic carbocycles. The molecule has 1 fully saturated rings. The number of nitrogens with zero attached hydrogens (tertiary/aromatic N) is 2. The number of hydrogen-bond donors (Lipinski definition) is 1. The first kappa shape index (κ1) is 12.2. The molecule has 1 saturated carbocycles. The Morgan fingerprint density at radius 3 is 2.79 bits per heavy atom. The third kappa shape index (κ3) is 2.24. The van der Waals surface area contributed by atoms with Crippen LogP contribution in [0.3, 0.4) is 0 Å². The van der Waals surface area contributed by atoms with E-state index in [1.165, 1.54) is 12.8 Å². The average molecular weight is 258 g/mol. The molecule has 0 bridgehead atoms. The Labute approximate surface area is 112 Å². The molecule has 4 heteroatoms. The average Bonchev–Trinajstić information content (AvgIpc) is 3.15. The van der Waals surface area contributed by atoms with Gasteiger partial charge in [0.05, 0.1) is 24.6 Å². The molecule has 2 aromatic rings. The van der Waals surface area contributed by atoms with E-state index in [2.05, 4.69) is 11.2 Å². The van der Waals surface area contributed by atoms with Crippen molar-refractivity contribution in [3.63, 3.8) is 0 Å². The summed E-state index contributed by atoms with van der Waals surface area (Å²) < 4.78 is 7.17. The van der Waals surface area contributed by atoms with E-state index in [4.69, 9.17) is 4.74 Å². The standard InChI is InChI=1S/C15H18N2O2/c1-10(18)15-13(4-3-5-14(15)19-2)17-9-8-12(16-17)11-6-7-11/h3-5,8-11,18H,6-7H2,1-2H3/t10-/m0/s1. The molecule has 1 aliphatic rings. The van der Waals surface area contributed by atoms with E-state index in [1.807, 2.05) is 29.1 Å². The highest BCUT2D eigenvalue weighted by molar-refractivity contribution is 5.50. The van der Waals surface area contributed by atoms with Gasteiger partial charge in [0.25, 0.3) is 0 Å². The molecule has 1 aromatic heterocycles. The van der Waals surface area contributed by atoms with Crippen LogP contribution < -0.4 is 4.74 Å². The lowest BCUT2D eigenvalue weighted by atomic mass is 10.1. The van der Waals surface area contributed by atoms with Crippen molar-refractivity contribution >= 4 is 0 Å². The van der Waals surface area contributed by atoms with Crippen LogP contribution in [0.25, 0.3) is 5.69 Å². The molecule has 0 aliphatic heterocycles. The third-order valence-electron chi connectivity index (χ3n) is 3.53. The van der Waals surface area contributed by atoms with E-state index in [9.17, 15) is 5.11 Å². The Kier molecular flexibility index (Phi) is 3.03. The van der Waals surface area contributed by atoms with Crippen LogP contribution >= 0.6 is 0 Å². The fourth-order valence-corrected chi connectivity index (χ4v) is 2.40. The van der Waals surface area contributed by atoms with Crippen LogP contribution in [0, 0.1) is 0 Å². The molecule has 1 heterocycles. The maximum Gasteiger partial charge on any atom is 0.126 e. The molecule has 100 valence electrons. The molecular formula is C15H18N2O2. The monoisotopic (exact) mass is 258 g/mol. The van der Waals surface area contributed by atoms with Crippen molar-refractivity contribution in [1.29, 1.82) is 0 Å². The molecule has 1 N–H and O–H groups in total. The molecule has 0 radical (unpaired) electrons. The first-order chi connectivity index (χ1) is 9.20. The summed E-state index contributed by atoms with van der Waals surface area (Å²) in [6, 6.07) is 7.78. The Bertz CT molecular complexity index is 586. The van der Waals surface area contributed by atoms with Crippen LogP contribution in [0.2, 0.25) is 0 Å². The van der Waals surface area contributed by atoms with Gasteiger partial charge in [-0.2, -0.15) is 5.10 Å². The van der Waals surface area contributed by atoms with Gasteiger partial charge in [-0.25, -0.2) is 4.68 Å². The van der Waals surface area contributed by atoms with E-state index < -0.39 is 6.10 Å². The van der Waals surface area contributed by atoms with Crippen molar-refractivity contribution < 1.29 is 9.84 Å². The molecule has 1 atom stereocenters. The lowest BCUT2D eigenvalue weighted by molar-refractivity contribution is 0.194. The van der Waals surface area contributed by atoms with Crippen molar-refractivity contribution in [3.8, 4) is 11.4 Å². The molecule has 0 spiro atoms. The molecule has 0 unspecified atom stereocenters. The number of benzene rings is 1. The van der Waals surface area contributed by atoms with Gasteiger partial charge in [-0.05, 0) is 38.0 Å². The molecule has 3 rings (SSSR count). The number of aliphatic hydroxyl groups excluding tert-OH is 1. The van der Waals surface area contributed by atoms with E-state index in [0.717, 1.165) is 16.9 Å². The maximum absolute atomic E-state index is 9.99. The van der Waals surface area contributed by atoms with Crippen LogP contribution in [-0.2, 0) is 0 Å². The number of methoxy groups -OCH3 is 1. The van der Waals surface area contributed by atoms with Crippen LogP contribution in [0.5, 0.6) is 5.75 Å². The van der Waals surface area contributed by atoms with E-state index in [0.29, 0.717) is 11.7 Å².